The van der Waals surface area contributed by atoms with Crippen LogP contribution in [-0.4, -0.2) is 36.6 Å². The molecule has 180 valence electrons. The van der Waals surface area contributed by atoms with Gasteiger partial charge in [0.2, 0.25) is 15.9 Å². The van der Waals surface area contributed by atoms with Gasteiger partial charge in [0.15, 0.2) is 0 Å². The van der Waals surface area contributed by atoms with Gasteiger partial charge in [0.25, 0.3) is 5.84 Å². The molecule has 2 aromatic carbocycles. The van der Waals surface area contributed by atoms with Crippen LogP contribution in [0.4, 0.5) is 17.6 Å². The van der Waals surface area contributed by atoms with E-state index < -0.39 is 52.6 Å². The summed E-state index contributed by atoms with van der Waals surface area (Å²) in [6.07, 6.45) is -6.85. The second-order valence-corrected chi connectivity index (χ2v) is 8.98. The molecule has 2 rings (SSSR count). The van der Waals surface area contributed by atoms with Crippen molar-refractivity contribution in [3.8, 4) is 0 Å². The first-order valence-electron chi connectivity index (χ1n) is 9.22. The average Bonchev–Trinajstić information content (AvgIpc) is 2.71. The fourth-order valence-electron chi connectivity index (χ4n) is 2.84. The number of halogens is 5. The van der Waals surface area contributed by atoms with Crippen molar-refractivity contribution in [1.29, 1.82) is 0 Å². The number of sulfonamides is 1. The number of rotatable bonds is 9. The van der Waals surface area contributed by atoms with Gasteiger partial charge < -0.3 is 10.9 Å². The van der Waals surface area contributed by atoms with Crippen LogP contribution in [0.15, 0.2) is 47.4 Å². The molecule has 0 radical (unpaired) electrons. The normalized spacial score (nSPS) is 14.0. The van der Waals surface area contributed by atoms with E-state index in [1.165, 1.54) is 30.3 Å². The summed E-state index contributed by atoms with van der Waals surface area (Å²) in [4.78, 5) is 11.1. The Hall–Kier alpha value is -2.90. The summed E-state index contributed by atoms with van der Waals surface area (Å²) in [6, 6.07) is 7.37. The highest BCUT2D eigenvalue weighted by molar-refractivity contribution is 7.89. The summed E-state index contributed by atoms with van der Waals surface area (Å²) in [7, 11) is -4.36. The number of hydrogen-bond donors (Lipinski definition) is 3. The van der Waals surface area contributed by atoms with Gasteiger partial charge in [-0.15, -0.1) is 0 Å². The molecule has 0 fully saturated rings. The lowest BCUT2D eigenvalue weighted by Gasteiger charge is -2.17. The Morgan fingerprint density at radius 2 is 1.76 bits per heavy atom. The van der Waals surface area contributed by atoms with Crippen LogP contribution >= 0.6 is 11.8 Å². The van der Waals surface area contributed by atoms with E-state index in [2.05, 4.69) is 0 Å². The third-order valence-electron chi connectivity index (χ3n) is 4.53. The minimum absolute atomic E-state index is 0.00263. The van der Waals surface area contributed by atoms with Gasteiger partial charge >= 0.3 is 6.18 Å². The highest BCUT2D eigenvalue weighted by Gasteiger charge is 2.32. The Kier molecular flexibility index (Phi) is 8.27. The number of primary amides is 1. The highest BCUT2D eigenvalue weighted by atomic mass is 35.5. The maximum Gasteiger partial charge on any atom is 0.389 e. The number of nitrogens with one attached hydrogen (secondary N) is 1. The van der Waals surface area contributed by atoms with Crippen molar-refractivity contribution in [3.63, 3.8) is 0 Å². The summed E-state index contributed by atoms with van der Waals surface area (Å²) in [6.45, 7) is 0. The summed E-state index contributed by atoms with van der Waals surface area (Å²) in [5, 5.41) is 11.1. The number of benzene rings is 2. The van der Waals surface area contributed by atoms with Gasteiger partial charge in [-0.3, -0.25) is 10.5 Å². The zero-order chi connectivity index (χ0) is 25.0. The Balaban J connectivity index is 2.20. The topological polar surface area (TPSA) is 141 Å². The minimum atomic E-state index is -4.59. The van der Waals surface area contributed by atoms with Crippen molar-refractivity contribution in [2.45, 2.75) is 36.4 Å². The number of carbonyl (C=O) groups is 1. The number of alkyl halides is 3. The van der Waals surface area contributed by atoms with E-state index in [-0.39, 0.29) is 26.7 Å². The van der Waals surface area contributed by atoms with Crippen LogP contribution in [0, 0.1) is 11.0 Å². The van der Waals surface area contributed by atoms with Gasteiger partial charge in [-0.05, 0) is 35.7 Å². The molecule has 0 saturated heterocycles. The van der Waals surface area contributed by atoms with E-state index in [1.54, 1.807) is 0 Å². The quantitative estimate of drug-likeness (QED) is 0.118. The van der Waals surface area contributed by atoms with Crippen LogP contribution in [0.5, 0.6) is 0 Å². The molecule has 0 bridgehead atoms. The number of amides is 1. The van der Waals surface area contributed by atoms with Crippen LogP contribution in [0.1, 0.15) is 29.5 Å². The Bertz CT molecular complexity index is 1150. The molecule has 0 saturated carbocycles. The summed E-state index contributed by atoms with van der Waals surface area (Å²) in [5.74, 6) is -2.58. The molecule has 1 amide bonds. The first-order chi connectivity index (χ1) is 15.2. The van der Waals surface area contributed by atoms with Crippen molar-refractivity contribution < 1.29 is 35.0 Å². The van der Waals surface area contributed by atoms with Gasteiger partial charge in [0.05, 0.1) is 4.90 Å². The molecule has 0 unspecified atom stereocenters. The van der Waals surface area contributed by atoms with E-state index in [0.29, 0.717) is 5.56 Å². The Morgan fingerprint density at radius 3 is 2.27 bits per heavy atom. The molecule has 33 heavy (non-hydrogen) atoms. The lowest BCUT2D eigenvalue weighted by atomic mass is 10.0. The number of amidine groups is 1. The Labute approximate surface area is 191 Å². The fourth-order valence-corrected chi connectivity index (χ4v) is 4.17. The van der Waals surface area contributed by atoms with Crippen LogP contribution in [0.3, 0.4) is 0 Å². The summed E-state index contributed by atoms with van der Waals surface area (Å²) >= 11 is 5.21. The molecule has 0 spiro atoms. The molecule has 0 aromatic heterocycles. The van der Waals surface area contributed by atoms with Crippen LogP contribution in [0.25, 0.3) is 0 Å². The molecule has 8 nitrogen and oxygen atoms in total. The standard InChI is InChI=1S/C19H19ClF4N4O4S/c20-28(30)17(25)14-3-1-2-12(16(14)21)10-11-4-6-13(7-5-11)33(31,32)27-15(18(26)29)8-9-19(22,23)24/h1-7,15,27H,8-10,25H2,(H2,26,29)/t15-/m1/s1. The number of hydrogen-bond acceptors (Lipinski definition) is 4. The van der Waals surface area contributed by atoms with E-state index in [1.807, 2.05) is 4.72 Å². The third-order valence-corrected chi connectivity index (χ3v) is 6.20. The molecule has 0 aliphatic rings. The maximum absolute atomic E-state index is 14.7. The van der Waals surface area contributed by atoms with Crippen LogP contribution < -0.4 is 16.2 Å². The first kappa shape index (κ1) is 26.4. The zero-order valence-corrected chi connectivity index (χ0v) is 18.3. The maximum atomic E-state index is 14.7. The van der Waals surface area contributed by atoms with E-state index in [9.17, 15) is 36.0 Å². The van der Waals surface area contributed by atoms with Crippen molar-refractivity contribution in [3.05, 3.63) is 70.2 Å². The number of carbonyl (C=O) groups excluding carboxylic acids is 1. The molecule has 2 aromatic rings. The lowest BCUT2D eigenvalue weighted by molar-refractivity contribution is -0.285. The molecule has 0 aliphatic carbocycles. The predicted octanol–water partition coefficient (Wildman–Crippen LogP) is 2.26. The number of nitrogens with two attached hydrogens (primary N) is 2. The van der Waals surface area contributed by atoms with E-state index >= 15 is 0 Å². The molecule has 5 N–H and O–H groups in total. The Morgan fingerprint density at radius 1 is 1.15 bits per heavy atom. The molecular formula is C19H19ClF4N4O4S. The van der Waals surface area contributed by atoms with Crippen molar-refractivity contribution in [1.82, 2.24) is 4.72 Å². The van der Waals surface area contributed by atoms with Gasteiger partial charge in [-0.25, -0.2) is 12.8 Å². The van der Waals surface area contributed by atoms with Crippen LogP contribution in [0.2, 0.25) is 0 Å². The molecular weight excluding hydrogens is 492 g/mol. The smallest absolute Gasteiger partial charge is 0.389 e. The molecule has 0 heterocycles. The second kappa shape index (κ2) is 10.4. The predicted molar refractivity (Wildman–Crippen MR) is 112 cm³/mol. The van der Waals surface area contributed by atoms with Gasteiger partial charge in [-0.1, -0.05) is 24.3 Å². The SMILES string of the molecule is NC(=O)[C@@H](CCC(F)(F)F)NS(=O)(=O)c1ccc(Cc2cccc(C(N)=[N+]([O-])Cl)c2F)cc1. The van der Waals surface area contributed by atoms with Crippen molar-refractivity contribution in [2.75, 3.05) is 0 Å². The summed E-state index contributed by atoms with van der Waals surface area (Å²) < 4.78 is 78.4. The molecule has 1 atom stereocenters. The van der Waals surface area contributed by atoms with E-state index in [4.69, 9.17) is 23.2 Å². The molecule has 0 aliphatic heterocycles. The summed E-state index contributed by atoms with van der Waals surface area (Å²) in [5.41, 5.74) is 10.9. The van der Waals surface area contributed by atoms with E-state index in [0.717, 1.165) is 12.1 Å². The van der Waals surface area contributed by atoms with Gasteiger partial charge in [0.1, 0.15) is 29.2 Å². The minimum Gasteiger partial charge on any atom is -0.698 e. The average molecular weight is 511 g/mol. The van der Waals surface area contributed by atoms with Gasteiger partial charge in [-0.2, -0.15) is 22.2 Å². The van der Waals surface area contributed by atoms with Crippen LogP contribution in [-0.2, 0) is 21.2 Å². The largest absolute Gasteiger partial charge is 0.698 e. The van der Waals surface area contributed by atoms with Crippen molar-refractivity contribution >= 4 is 33.5 Å². The monoisotopic (exact) mass is 510 g/mol. The molecule has 14 heteroatoms. The first-order valence-corrected chi connectivity index (χ1v) is 11.0. The lowest BCUT2D eigenvalue weighted by Crippen LogP contribution is -2.44. The number of nitrogens with zero attached hydrogens (tertiary/aromatic N) is 1. The zero-order valence-electron chi connectivity index (χ0n) is 16.8. The van der Waals surface area contributed by atoms with Gasteiger partial charge in [0, 0.05) is 12.8 Å². The fraction of sp³-hybridized carbons (Fsp3) is 0.263. The highest BCUT2D eigenvalue weighted by Crippen LogP contribution is 2.23. The van der Waals surface area contributed by atoms with Crippen molar-refractivity contribution in [2.24, 2.45) is 11.5 Å². The third kappa shape index (κ3) is 7.30. The second-order valence-electron chi connectivity index (χ2n) is 6.96.